The van der Waals surface area contributed by atoms with E-state index in [9.17, 15) is 4.79 Å². The maximum atomic E-state index is 12.3. The summed E-state index contributed by atoms with van der Waals surface area (Å²) < 4.78 is 11.2. The van der Waals surface area contributed by atoms with Gasteiger partial charge >= 0.3 is 0 Å². The number of para-hydroxylation sites is 2. The minimum atomic E-state index is -0.350. The Morgan fingerprint density at radius 1 is 1.25 bits per heavy atom. The highest BCUT2D eigenvalue weighted by Gasteiger charge is 2.24. The summed E-state index contributed by atoms with van der Waals surface area (Å²) in [4.78, 5) is 16.8. The second-order valence-electron chi connectivity index (χ2n) is 6.01. The van der Waals surface area contributed by atoms with E-state index in [0.717, 1.165) is 40.8 Å². The molecule has 0 saturated carbocycles. The molecule has 122 valence electrons. The van der Waals surface area contributed by atoms with Crippen molar-refractivity contribution in [1.82, 2.24) is 4.98 Å². The Morgan fingerprint density at radius 3 is 2.92 bits per heavy atom. The van der Waals surface area contributed by atoms with Gasteiger partial charge in [-0.2, -0.15) is 0 Å². The summed E-state index contributed by atoms with van der Waals surface area (Å²) in [5.74, 6) is 0.453. The lowest BCUT2D eigenvalue weighted by molar-refractivity contribution is -0.124. The van der Waals surface area contributed by atoms with E-state index < -0.39 is 0 Å². The fourth-order valence-corrected chi connectivity index (χ4v) is 2.88. The van der Waals surface area contributed by atoms with Gasteiger partial charge in [-0.1, -0.05) is 18.2 Å². The lowest BCUT2D eigenvalue weighted by atomic mass is 10.1. The number of benzene rings is 2. The van der Waals surface area contributed by atoms with Crippen LogP contribution in [0, 0.1) is 6.92 Å². The molecule has 0 unspecified atom stereocenters. The monoisotopic (exact) mass is 322 g/mol. The van der Waals surface area contributed by atoms with Crippen molar-refractivity contribution >= 4 is 22.7 Å². The van der Waals surface area contributed by atoms with Gasteiger partial charge in [0.2, 0.25) is 5.89 Å². The Bertz CT molecular complexity index is 862. The number of anilines is 1. The van der Waals surface area contributed by atoms with Crippen LogP contribution < -0.4 is 5.32 Å². The second kappa shape index (κ2) is 6.09. The van der Waals surface area contributed by atoms with Crippen molar-refractivity contribution < 1.29 is 13.9 Å². The van der Waals surface area contributed by atoms with Gasteiger partial charge in [0.1, 0.15) is 11.6 Å². The first-order chi connectivity index (χ1) is 11.7. The molecule has 0 spiro atoms. The van der Waals surface area contributed by atoms with Crippen molar-refractivity contribution in [2.24, 2.45) is 0 Å². The van der Waals surface area contributed by atoms with Crippen molar-refractivity contribution in [3.05, 3.63) is 48.0 Å². The molecule has 1 N–H and O–H groups in total. The zero-order chi connectivity index (χ0) is 16.5. The van der Waals surface area contributed by atoms with E-state index in [1.165, 1.54) is 0 Å². The van der Waals surface area contributed by atoms with E-state index in [0.29, 0.717) is 12.5 Å². The molecule has 3 aromatic rings. The Morgan fingerprint density at radius 2 is 2.12 bits per heavy atom. The molecule has 1 atom stereocenters. The van der Waals surface area contributed by atoms with Crippen LogP contribution in [0.3, 0.4) is 0 Å². The van der Waals surface area contributed by atoms with Gasteiger partial charge in [-0.15, -0.1) is 0 Å². The number of rotatable bonds is 3. The molecule has 1 aliphatic heterocycles. The number of hydrogen-bond acceptors (Lipinski definition) is 4. The maximum absolute atomic E-state index is 12.3. The molecule has 0 bridgehead atoms. The van der Waals surface area contributed by atoms with Crippen LogP contribution in [0.2, 0.25) is 0 Å². The molecule has 0 aliphatic carbocycles. The highest BCUT2D eigenvalue weighted by molar-refractivity contribution is 5.95. The van der Waals surface area contributed by atoms with Crippen LogP contribution >= 0.6 is 0 Å². The highest BCUT2D eigenvalue weighted by atomic mass is 16.5. The Labute approximate surface area is 139 Å². The fraction of sp³-hybridized carbons (Fsp3) is 0.263. The van der Waals surface area contributed by atoms with Crippen molar-refractivity contribution in [1.29, 1.82) is 0 Å². The molecule has 4 rings (SSSR count). The predicted molar refractivity (Wildman–Crippen MR) is 91.8 cm³/mol. The second-order valence-corrected chi connectivity index (χ2v) is 6.01. The highest BCUT2D eigenvalue weighted by Crippen LogP contribution is 2.28. The fourth-order valence-electron chi connectivity index (χ4n) is 2.88. The average molecular weight is 322 g/mol. The average Bonchev–Trinajstić information content (AvgIpc) is 3.26. The van der Waals surface area contributed by atoms with E-state index in [-0.39, 0.29) is 12.0 Å². The maximum Gasteiger partial charge on any atom is 0.253 e. The number of fused-ring (bicyclic) bond motifs is 1. The summed E-state index contributed by atoms with van der Waals surface area (Å²) in [5.41, 5.74) is 4.15. The van der Waals surface area contributed by atoms with Crippen LogP contribution in [0.15, 0.2) is 46.9 Å². The van der Waals surface area contributed by atoms with Gasteiger partial charge in [0, 0.05) is 17.9 Å². The van der Waals surface area contributed by atoms with E-state index >= 15 is 0 Å². The summed E-state index contributed by atoms with van der Waals surface area (Å²) in [5, 5.41) is 2.96. The molecule has 0 radical (unpaired) electrons. The molecule has 2 aromatic carbocycles. The van der Waals surface area contributed by atoms with Gasteiger partial charge in [0.05, 0.1) is 0 Å². The first kappa shape index (κ1) is 14.9. The summed E-state index contributed by atoms with van der Waals surface area (Å²) in [6, 6.07) is 13.4. The van der Waals surface area contributed by atoms with Gasteiger partial charge in [0.15, 0.2) is 5.58 Å². The molecule has 24 heavy (non-hydrogen) atoms. The quantitative estimate of drug-likeness (QED) is 0.794. The van der Waals surface area contributed by atoms with Crippen LogP contribution in [0.4, 0.5) is 5.69 Å². The van der Waals surface area contributed by atoms with Crippen molar-refractivity contribution in [3.63, 3.8) is 0 Å². The van der Waals surface area contributed by atoms with Crippen molar-refractivity contribution in [2.45, 2.75) is 25.9 Å². The van der Waals surface area contributed by atoms with Gasteiger partial charge in [0.25, 0.3) is 5.91 Å². The molecular weight excluding hydrogens is 304 g/mol. The van der Waals surface area contributed by atoms with Gasteiger partial charge < -0.3 is 14.5 Å². The molecule has 1 fully saturated rings. The van der Waals surface area contributed by atoms with Crippen LogP contribution in [0.1, 0.15) is 18.4 Å². The third kappa shape index (κ3) is 2.78. The number of ether oxygens (including phenoxy) is 1. The number of hydrogen-bond donors (Lipinski definition) is 1. The van der Waals surface area contributed by atoms with Gasteiger partial charge in [-0.3, -0.25) is 4.79 Å². The lowest BCUT2D eigenvalue weighted by Gasteiger charge is -2.13. The Kier molecular flexibility index (Phi) is 3.78. The van der Waals surface area contributed by atoms with Crippen molar-refractivity contribution in [3.8, 4) is 11.5 Å². The van der Waals surface area contributed by atoms with Crippen LogP contribution in [0.5, 0.6) is 0 Å². The van der Waals surface area contributed by atoms with Crippen LogP contribution in [0.25, 0.3) is 22.6 Å². The number of carbonyl (C=O) groups is 1. The number of amides is 1. The molecule has 1 aromatic heterocycles. The summed E-state index contributed by atoms with van der Waals surface area (Å²) in [6.45, 7) is 2.61. The molecule has 1 aliphatic rings. The number of aromatic nitrogens is 1. The smallest absolute Gasteiger partial charge is 0.253 e. The zero-order valence-corrected chi connectivity index (χ0v) is 13.4. The van der Waals surface area contributed by atoms with Crippen LogP contribution in [-0.2, 0) is 9.53 Å². The largest absolute Gasteiger partial charge is 0.436 e. The number of oxazole rings is 1. The Balaban J connectivity index is 1.64. The SMILES string of the molecule is Cc1ccc(-c2nc3ccccc3o2)cc1NC(=O)[C@H]1CCCO1. The summed E-state index contributed by atoms with van der Waals surface area (Å²) in [6.07, 6.45) is 1.35. The summed E-state index contributed by atoms with van der Waals surface area (Å²) >= 11 is 0. The normalized spacial score (nSPS) is 17.3. The topological polar surface area (TPSA) is 64.4 Å². The molecule has 1 amide bonds. The summed E-state index contributed by atoms with van der Waals surface area (Å²) in [7, 11) is 0. The van der Waals surface area contributed by atoms with E-state index in [1.807, 2.05) is 49.4 Å². The number of nitrogens with one attached hydrogen (secondary N) is 1. The first-order valence-electron chi connectivity index (χ1n) is 8.10. The number of aryl methyl sites for hydroxylation is 1. The molecular formula is C19H18N2O3. The Hall–Kier alpha value is -2.66. The third-order valence-corrected chi connectivity index (χ3v) is 4.26. The minimum Gasteiger partial charge on any atom is -0.436 e. The number of carbonyl (C=O) groups excluding carboxylic acids is 1. The predicted octanol–water partition coefficient (Wildman–Crippen LogP) is 3.92. The first-order valence-corrected chi connectivity index (χ1v) is 8.10. The van der Waals surface area contributed by atoms with Crippen LogP contribution in [-0.4, -0.2) is 23.6 Å². The molecule has 2 heterocycles. The van der Waals surface area contributed by atoms with E-state index in [2.05, 4.69) is 10.3 Å². The minimum absolute atomic E-state index is 0.0923. The van der Waals surface area contributed by atoms with Gasteiger partial charge in [-0.05, 0) is 49.6 Å². The third-order valence-electron chi connectivity index (χ3n) is 4.26. The standard InChI is InChI=1S/C19H18N2O3/c1-12-8-9-13(19-21-14-5-2-3-6-16(14)24-19)11-15(12)20-18(22)17-7-4-10-23-17/h2-3,5-6,8-9,11,17H,4,7,10H2,1H3,(H,20,22)/t17-/m1/s1. The number of nitrogens with zero attached hydrogens (tertiary/aromatic N) is 1. The van der Waals surface area contributed by atoms with E-state index in [1.54, 1.807) is 0 Å². The van der Waals surface area contributed by atoms with E-state index in [4.69, 9.17) is 9.15 Å². The molecule has 5 heteroatoms. The zero-order valence-electron chi connectivity index (χ0n) is 13.4. The van der Waals surface area contributed by atoms with Gasteiger partial charge in [-0.25, -0.2) is 4.98 Å². The molecule has 5 nitrogen and oxygen atoms in total. The molecule has 1 saturated heterocycles. The lowest BCUT2D eigenvalue weighted by Crippen LogP contribution is -2.27. The van der Waals surface area contributed by atoms with Crippen molar-refractivity contribution in [2.75, 3.05) is 11.9 Å².